The van der Waals surface area contributed by atoms with Crippen molar-refractivity contribution in [2.24, 2.45) is 22.7 Å². The van der Waals surface area contributed by atoms with Crippen molar-refractivity contribution in [1.29, 1.82) is 0 Å². The molecule has 0 aliphatic heterocycles. The Bertz CT molecular complexity index is 672. The molecule has 0 aromatic carbocycles. The molecule has 0 N–H and O–H groups in total. The van der Waals surface area contributed by atoms with Crippen LogP contribution in [0.1, 0.15) is 73.6 Å². The molecule has 27 heavy (non-hydrogen) atoms. The molecule has 0 saturated heterocycles. The van der Waals surface area contributed by atoms with E-state index in [0.29, 0.717) is 29.2 Å². The molecule has 1 fully saturated rings. The van der Waals surface area contributed by atoms with E-state index in [2.05, 4.69) is 60.7 Å². The van der Waals surface area contributed by atoms with Gasteiger partial charge in [-0.25, -0.2) is 0 Å². The highest BCUT2D eigenvalue weighted by molar-refractivity contribution is 6.72. The summed E-state index contributed by atoms with van der Waals surface area (Å²) < 4.78 is 6.90. The van der Waals surface area contributed by atoms with Crippen LogP contribution in [0.5, 0.6) is 0 Å². The molecule has 4 atom stereocenters. The second-order valence-electron chi connectivity index (χ2n) is 11.0. The van der Waals surface area contributed by atoms with E-state index < -0.39 is 8.32 Å². The van der Waals surface area contributed by atoms with Crippen molar-refractivity contribution in [3.8, 4) is 0 Å². The maximum absolute atomic E-state index is 12.7. The highest BCUT2D eigenvalue weighted by Gasteiger charge is 2.55. The van der Waals surface area contributed by atoms with Crippen LogP contribution in [0.15, 0.2) is 23.3 Å². The van der Waals surface area contributed by atoms with Gasteiger partial charge in [-0.05, 0) is 61.7 Å². The Morgan fingerprint density at radius 2 is 1.78 bits per heavy atom. The molecule has 0 bridgehead atoms. The molecule has 0 unspecified atom stereocenters. The van der Waals surface area contributed by atoms with Gasteiger partial charge in [0, 0.05) is 17.8 Å². The van der Waals surface area contributed by atoms with E-state index in [4.69, 9.17) is 4.43 Å². The van der Waals surface area contributed by atoms with E-state index in [1.165, 1.54) is 19.3 Å². The van der Waals surface area contributed by atoms with Crippen LogP contribution in [0.2, 0.25) is 18.6 Å². The Labute approximate surface area is 168 Å². The van der Waals surface area contributed by atoms with Crippen molar-refractivity contribution in [3.05, 3.63) is 23.3 Å². The molecule has 2 nitrogen and oxygen atoms in total. The number of fused-ring (bicyclic) bond motifs is 3. The molecule has 0 aromatic rings. The third-order valence-corrected chi connectivity index (χ3v) is 12.0. The smallest absolute Gasteiger partial charge is 0.189 e. The van der Waals surface area contributed by atoms with Crippen LogP contribution in [0.4, 0.5) is 0 Å². The zero-order chi connectivity index (χ0) is 20.2. The third-order valence-electron chi connectivity index (χ3n) is 8.31. The SMILES string of the molecule is CC(C)C1=C2[C@@H]3C=CC(=O)C[C@@H](O[Si](C)(C)C(C)C)[C@]3(C)CC[C@@]2(C)CC1. The van der Waals surface area contributed by atoms with Gasteiger partial charge in [0.25, 0.3) is 0 Å². The highest BCUT2D eigenvalue weighted by atomic mass is 28.4. The summed E-state index contributed by atoms with van der Waals surface area (Å²) in [6.45, 7) is 18.8. The molecule has 0 amide bonds. The van der Waals surface area contributed by atoms with Crippen LogP contribution >= 0.6 is 0 Å². The minimum atomic E-state index is -1.83. The van der Waals surface area contributed by atoms with Crippen LogP contribution in [0.25, 0.3) is 0 Å². The molecule has 3 aliphatic rings. The summed E-state index contributed by atoms with van der Waals surface area (Å²) >= 11 is 0. The zero-order valence-electron chi connectivity index (χ0n) is 18.8. The Balaban J connectivity index is 2.08. The first-order chi connectivity index (χ1) is 12.4. The monoisotopic (exact) mass is 388 g/mol. The fourth-order valence-electron chi connectivity index (χ4n) is 5.58. The minimum absolute atomic E-state index is 0.0289. The standard InChI is InChI=1S/C24H40O2Si/c1-16(2)19-11-12-23(5)13-14-24(6)20(22(19)23)10-9-18(25)15-21(24)26-27(7,8)17(3)4/h9-10,16-17,20-21H,11-15H2,1-8H3/t20-,21+,23+,24+/m0/s1. The third kappa shape index (κ3) is 3.55. The largest absolute Gasteiger partial charge is 0.413 e. The lowest BCUT2D eigenvalue weighted by molar-refractivity contribution is -0.118. The lowest BCUT2D eigenvalue weighted by Gasteiger charge is -2.53. The average Bonchev–Trinajstić information content (AvgIpc) is 2.85. The van der Waals surface area contributed by atoms with Gasteiger partial charge in [-0.3, -0.25) is 4.79 Å². The second-order valence-corrected chi connectivity index (χ2v) is 15.6. The maximum Gasteiger partial charge on any atom is 0.189 e. The van der Waals surface area contributed by atoms with Gasteiger partial charge in [0.05, 0.1) is 6.10 Å². The topological polar surface area (TPSA) is 26.3 Å². The second kappa shape index (κ2) is 6.98. The maximum atomic E-state index is 12.7. The summed E-state index contributed by atoms with van der Waals surface area (Å²) in [5.41, 5.74) is 4.22. The first-order valence-electron chi connectivity index (χ1n) is 11.0. The summed E-state index contributed by atoms with van der Waals surface area (Å²) in [5.74, 6) is 1.19. The van der Waals surface area contributed by atoms with Gasteiger partial charge in [-0.1, -0.05) is 58.8 Å². The van der Waals surface area contributed by atoms with Crippen molar-refractivity contribution in [1.82, 2.24) is 0 Å². The van der Waals surface area contributed by atoms with Crippen LogP contribution < -0.4 is 0 Å². The number of hydrogen-bond acceptors (Lipinski definition) is 2. The predicted octanol–water partition coefficient (Wildman–Crippen LogP) is 6.68. The van der Waals surface area contributed by atoms with Gasteiger partial charge in [0.2, 0.25) is 0 Å². The van der Waals surface area contributed by atoms with Gasteiger partial charge >= 0.3 is 0 Å². The molecule has 3 heteroatoms. The van der Waals surface area contributed by atoms with Crippen molar-refractivity contribution < 1.29 is 9.22 Å². The Morgan fingerprint density at radius 3 is 2.37 bits per heavy atom. The van der Waals surface area contributed by atoms with Crippen molar-refractivity contribution >= 4 is 14.1 Å². The molecule has 0 spiro atoms. The number of allylic oxidation sites excluding steroid dienone is 4. The number of ketones is 1. The van der Waals surface area contributed by atoms with E-state index in [1.54, 1.807) is 11.1 Å². The first kappa shape index (κ1) is 21.0. The van der Waals surface area contributed by atoms with Gasteiger partial charge in [0.1, 0.15) is 0 Å². The van der Waals surface area contributed by atoms with E-state index in [1.807, 2.05) is 6.08 Å². The van der Waals surface area contributed by atoms with Crippen LogP contribution in [-0.2, 0) is 9.22 Å². The van der Waals surface area contributed by atoms with Crippen molar-refractivity contribution in [3.63, 3.8) is 0 Å². The lowest BCUT2D eigenvalue weighted by Crippen LogP contribution is -2.51. The van der Waals surface area contributed by atoms with Crippen molar-refractivity contribution in [2.45, 2.75) is 98.4 Å². The normalized spacial score (nSPS) is 37.0. The average molecular weight is 389 g/mol. The number of rotatable bonds is 4. The molecule has 1 saturated carbocycles. The highest BCUT2D eigenvalue weighted by Crippen LogP contribution is 2.62. The molecule has 0 heterocycles. The quantitative estimate of drug-likeness (QED) is 0.396. The van der Waals surface area contributed by atoms with E-state index >= 15 is 0 Å². The van der Waals surface area contributed by atoms with Crippen molar-refractivity contribution in [2.75, 3.05) is 0 Å². The summed E-state index contributed by atoms with van der Waals surface area (Å²) in [6.07, 6.45) is 9.64. The zero-order valence-corrected chi connectivity index (χ0v) is 19.8. The predicted molar refractivity (Wildman–Crippen MR) is 116 cm³/mol. The van der Waals surface area contributed by atoms with Crippen LogP contribution in [-0.4, -0.2) is 20.2 Å². The lowest BCUT2D eigenvalue weighted by atomic mass is 9.55. The fraction of sp³-hybridized carbons (Fsp3) is 0.792. The van der Waals surface area contributed by atoms with Gasteiger partial charge in [-0.2, -0.15) is 0 Å². The van der Waals surface area contributed by atoms with E-state index in [9.17, 15) is 4.79 Å². The number of hydrogen-bond donors (Lipinski definition) is 0. The van der Waals surface area contributed by atoms with Gasteiger partial charge < -0.3 is 4.43 Å². The molecular weight excluding hydrogens is 348 g/mol. The molecule has 3 aliphatic carbocycles. The summed E-state index contributed by atoms with van der Waals surface area (Å²) in [5, 5.41) is 0. The van der Waals surface area contributed by atoms with E-state index in [-0.39, 0.29) is 17.3 Å². The minimum Gasteiger partial charge on any atom is -0.413 e. The molecule has 152 valence electrons. The molecule has 0 aromatic heterocycles. The molecular formula is C24H40O2Si. The van der Waals surface area contributed by atoms with E-state index in [0.717, 1.165) is 6.42 Å². The Hall–Kier alpha value is -0.673. The van der Waals surface area contributed by atoms with Gasteiger partial charge in [-0.15, -0.1) is 0 Å². The van der Waals surface area contributed by atoms with Gasteiger partial charge in [0.15, 0.2) is 14.1 Å². The fourth-order valence-corrected chi connectivity index (χ4v) is 6.93. The summed E-state index contributed by atoms with van der Waals surface area (Å²) in [6, 6.07) is 0. The Morgan fingerprint density at radius 1 is 1.11 bits per heavy atom. The molecule has 0 radical (unpaired) electrons. The number of carbonyl (C=O) groups excluding carboxylic acids is 1. The Kier molecular flexibility index (Phi) is 5.44. The molecule has 3 rings (SSSR count). The summed E-state index contributed by atoms with van der Waals surface area (Å²) in [4.78, 5) is 12.7. The first-order valence-corrected chi connectivity index (χ1v) is 14.0. The number of carbonyl (C=O) groups is 1. The van der Waals surface area contributed by atoms with Crippen LogP contribution in [0, 0.1) is 22.7 Å². The van der Waals surface area contributed by atoms with Crippen LogP contribution in [0.3, 0.4) is 0 Å². The summed E-state index contributed by atoms with van der Waals surface area (Å²) in [7, 11) is -1.83.